The van der Waals surface area contributed by atoms with Crippen LogP contribution in [0, 0.1) is 19.8 Å². The van der Waals surface area contributed by atoms with E-state index in [4.69, 9.17) is 15.5 Å². The van der Waals surface area contributed by atoms with Crippen molar-refractivity contribution in [1.29, 1.82) is 0 Å². The van der Waals surface area contributed by atoms with Gasteiger partial charge in [0.15, 0.2) is 0 Å². The van der Waals surface area contributed by atoms with E-state index in [1.54, 1.807) is 24.3 Å². The largest absolute Gasteiger partial charge is 0.465 e. The first-order valence-electron chi connectivity index (χ1n) is 11.5. The number of esters is 1. The van der Waals surface area contributed by atoms with Crippen LogP contribution >= 0.6 is 24.8 Å². The highest BCUT2D eigenvalue weighted by atomic mass is 35.5. The topological polar surface area (TPSA) is 94.3 Å². The van der Waals surface area contributed by atoms with Crippen molar-refractivity contribution in [2.75, 3.05) is 12.4 Å². The zero-order valence-electron chi connectivity index (χ0n) is 21.4. The van der Waals surface area contributed by atoms with Crippen molar-refractivity contribution in [3.63, 3.8) is 0 Å². The summed E-state index contributed by atoms with van der Waals surface area (Å²) in [6.45, 7) is 8.62. The Bertz CT molecular complexity index is 1200. The molecule has 6 nitrogen and oxygen atoms in total. The monoisotopic (exact) mass is 531 g/mol. The number of rotatable bonds is 8. The van der Waals surface area contributed by atoms with Crippen LogP contribution in [0.3, 0.4) is 0 Å². The van der Waals surface area contributed by atoms with Crippen molar-refractivity contribution in [3.05, 3.63) is 82.2 Å². The third-order valence-corrected chi connectivity index (χ3v) is 5.78. The molecule has 8 heteroatoms. The third kappa shape index (κ3) is 7.29. The second kappa shape index (κ2) is 14.0. The number of aryl methyl sites for hydroxylation is 2. The lowest BCUT2D eigenvalue weighted by atomic mass is 9.88. The van der Waals surface area contributed by atoms with Gasteiger partial charge in [-0.3, -0.25) is 9.78 Å². The molecule has 1 heterocycles. The Morgan fingerprint density at radius 2 is 1.64 bits per heavy atom. The van der Waals surface area contributed by atoms with E-state index in [9.17, 15) is 9.59 Å². The van der Waals surface area contributed by atoms with E-state index < -0.39 is 5.97 Å². The van der Waals surface area contributed by atoms with Crippen LogP contribution in [-0.2, 0) is 28.9 Å². The SMILES string of the molecule is COC(=O)c1ccccc1NC(=O)Cc1c(C)nc(CC(C)C)c(CN)c1-c1ccc(C)cc1.Cl.Cl. The van der Waals surface area contributed by atoms with E-state index in [1.165, 1.54) is 7.11 Å². The number of aromatic nitrogens is 1. The lowest BCUT2D eigenvalue weighted by molar-refractivity contribution is -0.115. The summed E-state index contributed by atoms with van der Waals surface area (Å²) in [7, 11) is 1.32. The highest BCUT2D eigenvalue weighted by molar-refractivity contribution is 6.02. The van der Waals surface area contributed by atoms with Gasteiger partial charge in [0, 0.05) is 17.9 Å². The maximum Gasteiger partial charge on any atom is 0.339 e. The summed E-state index contributed by atoms with van der Waals surface area (Å²) in [6, 6.07) is 15.1. The number of nitrogens with one attached hydrogen (secondary N) is 1. The number of para-hydroxylation sites is 1. The lowest BCUT2D eigenvalue weighted by Gasteiger charge is -2.21. The van der Waals surface area contributed by atoms with Crippen molar-refractivity contribution < 1.29 is 14.3 Å². The average molecular weight is 533 g/mol. The molecule has 1 aromatic heterocycles. The number of nitrogens with two attached hydrogens (primary N) is 1. The highest BCUT2D eigenvalue weighted by Gasteiger charge is 2.22. The molecule has 0 atom stereocenters. The van der Waals surface area contributed by atoms with Gasteiger partial charge in [-0.25, -0.2) is 4.79 Å². The van der Waals surface area contributed by atoms with E-state index >= 15 is 0 Å². The predicted octanol–water partition coefficient (Wildman–Crippen LogP) is 5.83. The second-order valence-electron chi connectivity index (χ2n) is 8.91. The molecule has 194 valence electrons. The van der Waals surface area contributed by atoms with Gasteiger partial charge < -0.3 is 15.8 Å². The fourth-order valence-corrected chi connectivity index (χ4v) is 4.14. The van der Waals surface area contributed by atoms with E-state index in [0.29, 0.717) is 23.7 Å². The molecule has 0 fully saturated rings. The fraction of sp³-hybridized carbons (Fsp3) is 0.321. The highest BCUT2D eigenvalue weighted by Crippen LogP contribution is 2.33. The summed E-state index contributed by atoms with van der Waals surface area (Å²) < 4.78 is 4.84. The number of benzene rings is 2. The van der Waals surface area contributed by atoms with Crippen molar-refractivity contribution in [3.8, 4) is 11.1 Å². The number of carbonyl (C=O) groups excluding carboxylic acids is 2. The molecule has 2 aromatic carbocycles. The molecule has 0 saturated heterocycles. The van der Waals surface area contributed by atoms with Crippen LogP contribution in [0.1, 0.15) is 52.3 Å². The minimum Gasteiger partial charge on any atom is -0.465 e. The normalized spacial score (nSPS) is 10.3. The van der Waals surface area contributed by atoms with Gasteiger partial charge in [0.25, 0.3) is 0 Å². The maximum atomic E-state index is 13.2. The molecule has 0 bridgehead atoms. The van der Waals surface area contributed by atoms with Gasteiger partial charge in [-0.2, -0.15) is 0 Å². The Balaban J connectivity index is 0.00000324. The summed E-state index contributed by atoms with van der Waals surface area (Å²) in [6.07, 6.45) is 0.914. The molecule has 0 aliphatic heterocycles. The zero-order valence-corrected chi connectivity index (χ0v) is 23.0. The van der Waals surface area contributed by atoms with E-state index in [2.05, 4.69) is 43.4 Å². The summed E-state index contributed by atoms with van der Waals surface area (Å²) >= 11 is 0. The van der Waals surface area contributed by atoms with Crippen LogP contribution < -0.4 is 11.1 Å². The maximum absolute atomic E-state index is 13.2. The lowest BCUT2D eigenvalue weighted by Crippen LogP contribution is -2.20. The van der Waals surface area contributed by atoms with Gasteiger partial charge in [0.1, 0.15) is 0 Å². The van der Waals surface area contributed by atoms with Crippen molar-refractivity contribution in [2.24, 2.45) is 11.7 Å². The number of methoxy groups -OCH3 is 1. The summed E-state index contributed by atoms with van der Waals surface area (Å²) in [5, 5.41) is 2.87. The molecule has 0 spiro atoms. The van der Waals surface area contributed by atoms with Gasteiger partial charge in [-0.1, -0.05) is 55.8 Å². The van der Waals surface area contributed by atoms with Crippen LogP contribution in [0.25, 0.3) is 11.1 Å². The minimum absolute atomic E-state index is 0. The number of hydrogen-bond acceptors (Lipinski definition) is 5. The summed E-state index contributed by atoms with van der Waals surface area (Å²) in [5.74, 6) is -0.321. The number of nitrogens with zero attached hydrogens (tertiary/aromatic N) is 1. The first-order chi connectivity index (χ1) is 16.2. The number of pyridine rings is 1. The molecule has 3 aromatic rings. The van der Waals surface area contributed by atoms with Gasteiger partial charge in [-0.05, 0) is 60.6 Å². The summed E-state index contributed by atoms with van der Waals surface area (Å²) in [5.41, 5.74) is 13.7. The Hall–Kier alpha value is -2.93. The number of hydrogen-bond donors (Lipinski definition) is 2. The molecule has 0 saturated carbocycles. The van der Waals surface area contributed by atoms with E-state index in [-0.39, 0.29) is 37.1 Å². The smallest absolute Gasteiger partial charge is 0.339 e. The molecule has 0 aliphatic rings. The molecular formula is C28H35Cl2N3O3. The first kappa shape index (κ1) is 31.1. The first-order valence-corrected chi connectivity index (χ1v) is 11.5. The molecule has 0 aliphatic carbocycles. The second-order valence-corrected chi connectivity index (χ2v) is 8.91. The van der Waals surface area contributed by atoms with Gasteiger partial charge in [0.2, 0.25) is 5.91 Å². The average Bonchev–Trinajstić information content (AvgIpc) is 2.80. The third-order valence-electron chi connectivity index (χ3n) is 5.78. The quantitative estimate of drug-likeness (QED) is 0.356. The Kier molecular flexibility index (Phi) is 12.1. The zero-order chi connectivity index (χ0) is 24.8. The van der Waals surface area contributed by atoms with Gasteiger partial charge >= 0.3 is 5.97 Å². The van der Waals surface area contributed by atoms with Crippen molar-refractivity contribution in [2.45, 2.75) is 47.1 Å². The number of anilines is 1. The van der Waals surface area contributed by atoms with Crippen LogP contribution in [0.15, 0.2) is 48.5 Å². The summed E-state index contributed by atoms with van der Waals surface area (Å²) in [4.78, 5) is 30.2. The molecule has 3 rings (SSSR count). The fourth-order valence-electron chi connectivity index (χ4n) is 4.14. The van der Waals surface area contributed by atoms with Crippen molar-refractivity contribution >= 4 is 42.4 Å². The number of ether oxygens (including phenoxy) is 1. The standard InChI is InChI=1S/C28H33N3O3.2ClH/c1-17(2)14-25-23(16-29)27(20-12-10-18(3)11-13-20)22(19(4)30-25)15-26(32)31-24-9-7-6-8-21(24)28(33)34-5;;/h6-13,17H,14-16,29H2,1-5H3,(H,31,32);2*1H. The Labute approximate surface area is 225 Å². The Morgan fingerprint density at radius 1 is 1.00 bits per heavy atom. The molecule has 0 radical (unpaired) electrons. The molecule has 36 heavy (non-hydrogen) atoms. The van der Waals surface area contributed by atoms with Crippen LogP contribution in [0.5, 0.6) is 0 Å². The molecular weight excluding hydrogens is 497 g/mol. The van der Waals surface area contributed by atoms with E-state index in [0.717, 1.165) is 45.6 Å². The number of carbonyl (C=O) groups is 2. The number of amides is 1. The predicted molar refractivity (Wildman–Crippen MR) is 150 cm³/mol. The molecule has 1 amide bonds. The van der Waals surface area contributed by atoms with E-state index in [1.807, 2.05) is 13.8 Å². The Morgan fingerprint density at radius 3 is 2.22 bits per heavy atom. The number of halogens is 2. The molecule has 0 unspecified atom stereocenters. The van der Waals surface area contributed by atoms with Gasteiger partial charge in [-0.15, -0.1) is 24.8 Å². The van der Waals surface area contributed by atoms with Crippen LogP contribution in [0.2, 0.25) is 0 Å². The van der Waals surface area contributed by atoms with Gasteiger partial charge in [0.05, 0.1) is 24.8 Å². The van der Waals surface area contributed by atoms with Crippen LogP contribution in [-0.4, -0.2) is 24.0 Å². The van der Waals surface area contributed by atoms with Crippen molar-refractivity contribution in [1.82, 2.24) is 4.98 Å². The molecule has 3 N–H and O–H groups in total. The minimum atomic E-state index is -0.502. The van der Waals surface area contributed by atoms with Crippen LogP contribution in [0.4, 0.5) is 5.69 Å².